The van der Waals surface area contributed by atoms with E-state index in [0.717, 1.165) is 0 Å². The number of carbonyl (C=O) groups is 4. The van der Waals surface area contributed by atoms with E-state index in [0.29, 0.717) is 38.8 Å². The highest BCUT2D eigenvalue weighted by atomic mass is 16.6. The van der Waals surface area contributed by atoms with E-state index in [2.05, 4.69) is 5.32 Å². The molecule has 9 heteroatoms. The van der Waals surface area contributed by atoms with Gasteiger partial charge in [-0.25, -0.2) is 4.79 Å². The molecule has 0 unspecified atom stereocenters. The topological polar surface area (TPSA) is 116 Å². The van der Waals surface area contributed by atoms with Gasteiger partial charge in [-0.15, -0.1) is 0 Å². The number of rotatable bonds is 5. The van der Waals surface area contributed by atoms with Gasteiger partial charge in [-0.2, -0.15) is 0 Å². The first-order chi connectivity index (χ1) is 12.6. The molecule has 2 fully saturated rings. The van der Waals surface area contributed by atoms with Crippen molar-refractivity contribution >= 4 is 23.9 Å². The molecule has 2 aliphatic rings. The molecule has 9 nitrogen and oxygen atoms in total. The molecule has 2 heterocycles. The summed E-state index contributed by atoms with van der Waals surface area (Å²) in [5, 5.41) is 11.2. The minimum absolute atomic E-state index is 0.0279. The lowest BCUT2D eigenvalue weighted by molar-refractivity contribution is -0.142. The minimum atomic E-state index is -0.992. The summed E-state index contributed by atoms with van der Waals surface area (Å²) in [7, 11) is 0. The number of nitrogens with zero attached hydrogens (tertiary/aromatic N) is 2. The van der Waals surface area contributed by atoms with Crippen molar-refractivity contribution in [2.75, 3.05) is 19.6 Å². The van der Waals surface area contributed by atoms with Gasteiger partial charge >= 0.3 is 12.1 Å². The van der Waals surface area contributed by atoms with Gasteiger partial charge in [0.25, 0.3) is 0 Å². The summed E-state index contributed by atoms with van der Waals surface area (Å²) in [5.41, 5.74) is -0.645. The Morgan fingerprint density at radius 3 is 2.22 bits per heavy atom. The van der Waals surface area contributed by atoms with Crippen LogP contribution in [0.1, 0.15) is 52.9 Å². The van der Waals surface area contributed by atoms with Gasteiger partial charge in [0, 0.05) is 19.6 Å². The summed E-state index contributed by atoms with van der Waals surface area (Å²) in [4.78, 5) is 51.3. The molecule has 0 radical (unpaired) electrons. The van der Waals surface area contributed by atoms with Gasteiger partial charge in [-0.05, 0) is 46.5 Å². The zero-order valence-electron chi connectivity index (χ0n) is 16.2. The molecule has 2 aliphatic heterocycles. The summed E-state index contributed by atoms with van der Waals surface area (Å²) in [5.74, 6) is -1.58. The number of likely N-dealkylation sites (tertiary alicyclic amines) is 2. The van der Waals surface area contributed by atoms with Crippen LogP contribution < -0.4 is 5.32 Å². The Hall–Kier alpha value is -2.32. The molecule has 0 bridgehead atoms. The van der Waals surface area contributed by atoms with Crippen LogP contribution in [-0.2, 0) is 19.1 Å². The van der Waals surface area contributed by atoms with Crippen molar-refractivity contribution in [2.45, 2.75) is 70.6 Å². The van der Waals surface area contributed by atoms with E-state index in [1.54, 1.807) is 20.8 Å². The third-order valence-electron chi connectivity index (χ3n) is 4.64. The van der Waals surface area contributed by atoms with E-state index < -0.39 is 29.7 Å². The van der Waals surface area contributed by atoms with E-state index in [9.17, 15) is 19.2 Å². The Bertz CT molecular complexity index is 600. The zero-order valence-corrected chi connectivity index (χ0v) is 16.2. The van der Waals surface area contributed by atoms with Crippen LogP contribution in [0, 0.1) is 0 Å². The average Bonchev–Trinajstić information content (AvgIpc) is 3.21. The first kappa shape index (κ1) is 21.0. The molecular weight excluding hydrogens is 354 g/mol. The van der Waals surface area contributed by atoms with Crippen molar-refractivity contribution in [3.05, 3.63) is 0 Å². The lowest BCUT2D eigenvalue weighted by atomic mass is 10.1. The van der Waals surface area contributed by atoms with Gasteiger partial charge in [-0.1, -0.05) is 0 Å². The zero-order chi connectivity index (χ0) is 20.2. The van der Waals surface area contributed by atoms with Crippen LogP contribution in [0.2, 0.25) is 0 Å². The van der Waals surface area contributed by atoms with Crippen molar-refractivity contribution in [1.82, 2.24) is 15.1 Å². The molecule has 0 spiro atoms. The van der Waals surface area contributed by atoms with Crippen LogP contribution in [0.3, 0.4) is 0 Å². The maximum atomic E-state index is 13.0. The number of nitrogens with one attached hydrogen (secondary N) is 1. The Kier molecular flexibility index (Phi) is 6.67. The van der Waals surface area contributed by atoms with Crippen LogP contribution >= 0.6 is 0 Å². The third-order valence-corrected chi connectivity index (χ3v) is 4.64. The lowest BCUT2D eigenvalue weighted by Crippen LogP contribution is -2.53. The number of hydrogen-bond donors (Lipinski definition) is 2. The molecular formula is C18H29N3O6. The van der Waals surface area contributed by atoms with Crippen LogP contribution in [0.25, 0.3) is 0 Å². The molecule has 0 saturated carbocycles. The molecule has 2 atom stereocenters. The summed E-state index contributed by atoms with van der Waals surface area (Å²) in [6.07, 6.45) is 1.80. The molecule has 2 N–H and O–H groups in total. The highest BCUT2D eigenvalue weighted by Crippen LogP contribution is 2.26. The number of aliphatic carboxylic acids is 1. The smallest absolute Gasteiger partial charge is 0.410 e. The molecule has 0 aliphatic carbocycles. The number of carboxylic acid groups (broad SMARTS) is 1. The van der Waals surface area contributed by atoms with Gasteiger partial charge in [0.15, 0.2) is 0 Å². The van der Waals surface area contributed by atoms with E-state index in [-0.39, 0.29) is 24.8 Å². The number of amides is 3. The fraction of sp³-hybridized carbons (Fsp3) is 0.778. The average molecular weight is 383 g/mol. The SMILES string of the molecule is CC(C)(C)OC(=O)N1CCC[C@H]1C(=O)N1CCC[C@H]1C(=O)NCCC(=O)O. The summed E-state index contributed by atoms with van der Waals surface area (Å²) in [6.45, 7) is 6.25. The maximum absolute atomic E-state index is 13.0. The quantitative estimate of drug-likeness (QED) is 0.731. The standard InChI is InChI=1S/C18H29N3O6/c1-18(2,3)27-17(26)21-11-5-7-13(21)16(25)20-10-4-6-12(20)15(24)19-9-8-14(22)23/h12-13H,4-11H2,1-3H3,(H,19,24)(H,22,23)/t12-,13-/m0/s1. The molecule has 2 rings (SSSR count). The van der Waals surface area contributed by atoms with E-state index in [1.165, 1.54) is 9.80 Å². The Labute approximate surface area is 159 Å². The highest BCUT2D eigenvalue weighted by Gasteiger charge is 2.43. The Morgan fingerprint density at radius 2 is 1.63 bits per heavy atom. The first-order valence-electron chi connectivity index (χ1n) is 9.40. The van der Waals surface area contributed by atoms with Gasteiger partial charge in [0.1, 0.15) is 17.7 Å². The number of hydrogen-bond acceptors (Lipinski definition) is 5. The van der Waals surface area contributed by atoms with Crippen LogP contribution in [-0.4, -0.2) is 76.1 Å². The molecule has 2 saturated heterocycles. The van der Waals surface area contributed by atoms with Gasteiger partial charge < -0.3 is 20.1 Å². The Morgan fingerprint density at radius 1 is 1.04 bits per heavy atom. The molecule has 152 valence electrons. The van der Waals surface area contributed by atoms with Crippen molar-refractivity contribution in [1.29, 1.82) is 0 Å². The normalized spacial score (nSPS) is 22.6. The second-order valence-corrected chi connectivity index (χ2v) is 7.96. The molecule has 0 aromatic heterocycles. The van der Waals surface area contributed by atoms with Crippen molar-refractivity contribution in [3.8, 4) is 0 Å². The number of carbonyl (C=O) groups excluding carboxylic acids is 3. The maximum Gasteiger partial charge on any atom is 0.410 e. The van der Waals surface area contributed by atoms with Gasteiger partial charge in [-0.3, -0.25) is 19.3 Å². The van der Waals surface area contributed by atoms with Crippen LogP contribution in [0.15, 0.2) is 0 Å². The highest BCUT2D eigenvalue weighted by molar-refractivity contribution is 5.92. The largest absolute Gasteiger partial charge is 0.481 e. The van der Waals surface area contributed by atoms with Crippen molar-refractivity contribution < 1.29 is 29.0 Å². The summed E-state index contributed by atoms with van der Waals surface area (Å²) >= 11 is 0. The second-order valence-electron chi connectivity index (χ2n) is 7.96. The van der Waals surface area contributed by atoms with E-state index >= 15 is 0 Å². The second kappa shape index (κ2) is 8.58. The molecule has 0 aromatic rings. The van der Waals surface area contributed by atoms with Crippen molar-refractivity contribution in [2.24, 2.45) is 0 Å². The fourth-order valence-electron chi connectivity index (χ4n) is 3.47. The lowest BCUT2D eigenvalue weighted by Gasteiger charge is -2.32. The van der Waals surface area contributed by atoms with Crippen LogP contribution in [0.4, 0.5) is 4.79 Å². The summed E-state index contributed by atoms with van der Waals surface area (Å²) < 4.78 is 5.40. The molecule has 3 amide bonds. The number of ether oxygens (including phenoxy) is 1. The van der Waals surface area contributed by atoms with Crippen molar-refractivity contribution in [3.63, 3.8) is 0 Å². The minimum Gasteiger partial charge on any atom is -0.481 e. The van der Waals surface area contributed by atoms with E-state index in [4.69, 9.17) is 9.84 Å². The monoisotopic (exact) mass is 383 g/mol. The van der Waals surface area contributed by atoms with Crippen LogP contribution in [0.5, 0.6) is 0 Å². The predicted octanol–water partition coefficient (Wildman–Crippen LogP) is 0.968. The van der Waals surface area contributed by atoms with Gasteiger partial charge in [0.05, 0.1) is 6.42 Å². The van der Waals surface area contributed by atoms with Gasteiger partial charge in [0.2, 0.25) is 11.8 Å². The Balaban J connectivity index is 2.00. The molecule has 0 aromatic carbocycles. The summed E-state index contributed by atoms with van der Waals surface area (Å²) in [6, 6.07) is -1.24. The first-order valence-corrected chi connectivity index (χ1v) is 9.40. The van der Waals surface area contributed by atoms with E-state index in [1.807, 2.05) is 0 Å². The predicted molar refractivity (Wildman–Crippen MR) is 96.0 cm³/mol. The molecule has 27 heavy (non-hydrogen) atoms. The third kappa shape index (κ3) is 5.58. The fourth-order valence-corrected chi connectivity index (χ4v) is 3.47. The number of carboxylic acids is 1.